The van der Waals surface area contributed by atoms with E-state index in [9.17, 15) is 23.5 Å². The normalized spacial score (nSPS) is 28.9. The van der Waals surface area contributed by atoms with Gasteiger partial charge in [0.25, 0.3) is 0 Å². The molecule has 0 aliphatic heterocycles. The van der Waals surface area contributed by atoms with Gasteiger partial charge in [0.1, 0.15) is 23.2 Å². The van der Waals surface area contributed by atoms with E-state index in [0.717, 1.165) is 38.0 Å². The van der Waals surface area contributed by atoms with Gasteiger partial charge in [-0.1, -0.05) is 37.5 Å². The van der Waals surface area contributed by atoms with Gasteiger partial charge in [0.2, 0.25) is 5.95 Å². The summed E-state index contributed by atoms with van der Waals surface area (Å²) in [7, 11) is 0. The Morgan fingerprint density at radius 3 is 2.45 bits per heavy atom. The number of fused-ring (bicyclic) bond motifs is 2. The quantitative estimate of drug-likeness (QED) is 0.393. The summed E-state index contributed by atoms with van der Waals surface area (Å²) >= 11 is 0. The van der Waals surface area contributed by atoms with E-state index in [-0.39, 0.29) is 24.3 Å². The maximum absolute atomic E-state index is 12.7. The standard InChI is InChI=1S/C28H34F3N5O2/c29-28(30,31)38-24-7-2-1-4-21(24)15-34-27-35-16-22(13-32)26(36-27)33-14-17-10-18-5-3-6-19(11-17)25(18)20-8-9-23(37)12-20/h1-2,4,7,16-20,23,25,37H,3,5-6,8-12,14-15H2,(H2,33,34,35,36)/t17?,18-,19+,20?,23?,25-. The molecule has 1 aromatic heterocycles. The lowest BCUT2D eigenvalue weighted by atomic mass is 9.57. The monoisotopic (exact) mass is 529 g/mol. The number of ether oxygens (including phenoxy) is 1. The van der Waals surface area contributed by atoms with Crippen molar-refractivity contribution in [1.82, 2.24) is 9.97 Å². The summed E-state index contributed by atoms with van der Waals surface area (Å²) < 4.78 is 42.3. The summed E-state index contributed by atoms with van der Waals surface area (Å²) in [5.41, 5.74) is 0.635. The molecule has 7 nitrogen and oxygen atoms in total. The number of hydrogen-bond donors (Lipinski definition) is 3. The van der Waals surface area contributed by atoms with Crippen LogP contribution in [-0.2, 0) is 6.54 Å². The number of nitrogens with one attached hydrogen (secondary N) is 2. The molecule has 3 aliphatic rings. The van der Waals surface area contributed by atoms with E-state index in [4.69, 9.17) is 0 Å². The number of alkyl halides is 3. The van der Waals surface area contributed by atoms with Crippen LogP contribution in [0.1, 0.15) is 62.5 Å². The third-order valence-electron chi connectivity index (χ3n) is 8.60. The lowest BCUT2D eigenvalue weighted by Crippen LogP contribution is -2.41. The summed E-state index contributed by atoms with van der Waals surface area (Å²) in [6.45, 7) is 0.737. The molecule has 2 bridgehead atoms. The third-order valence-corrected chi connectivity index (χ3v) is 8.60. The molecule has 3 aliphatic carbocycles. The van der Waals surface area contributed by atoms with Gasteiger partial charge in [-0.3, -0.25) is 0 Å². The smallest absolute Gasteiger partial charge is 0.405 e. The van der Waals surface area contributed by atoms with Crippen LogP contribution >= 0.6 is 0 Å². The van der Waals surface area contributed by atoms with Crippen molar-refractivity contribution in [2.45, 2.75) is 70.4 Å². The lowest BCUT2D eigenvalue weighted by molar-refractivity contribution is -0.274. The van der Waals surface area contributed by atoms with Gasteiger partial charge in [-0.15, -0.1) is 13.2 Å². The van der Waals surface area contributed by atoms with Crippen LogP contribution in [0.25, 0.3) is 0 Å². The molecule has 0 saturated heterocycles. The predicted molar refractivity (Wildman–Crippen MR) is 136 cm³/mol. The number of anilines is 2. The molecule has 5 rings (SSSR count). The van der Waals surface area contributed by atoms with Crippen LogP contribution in [0.4, 0.5) is 24.9 Å². The van der Waals surface area contributed by atoms with Crippen LogP contribution in [0.3, 0.4) is 0 Å². The summed E-state index contributed by atoms with van der Waals surface area (Å²) in [5.74, 6) is 3.62. The predicted octanol–water partition coefficient (Wildman–Crippen LogP) is 5.87. The maximum Gasteiger partial charge on any atom is 0.573 e. The van der Waals surface area contributed by atoms with Crippen molar-refractivity contribution in [3.8, 4) is 11.8 Å². The minimum Gasteiger partial charge on any atom is -0.405 e. The molecule has 38 heavy (non-hydrogen) atoms. The molecular formula is C28H34F3N5O2. The molecule has 204 valence electrons. The molecule has 2 aromatic rings. The second-order valence-electron chi connectivity index (χ2n) is 11.1. The van der Waals surface area contributed by atoms with Gasteiger partial charge in [0.15, 0.2) is 0 Å². The zero-order valence-corrected chi connectivity index (χ0v) is 21.3. The highest BCUT2D eigenvalue weighted by atomic mass is 19.4. The highest BCUT2D eigenvalue weighted by molar-refractivity contribution is 5.53. The van der Waals surface area contributed by atoms with E-state index in [1.54, 1.807) is 6.07 Å². The van der Waals surface area contributed by atoms with Gasteiger partial charge >= 0.3 is 6.36 Å². The summed E-state index contributed by atoms with van der Waals surface area (Å²) in [6, 6.07) is 8.03. The van der Waals surface area contributed by atoms with Crippen molar-refractivity contribution in [1.29, 1.82) is 5.26 Å². The Morgan fingerprint density at radius 1 is 1.03 bits per heavy atom. The molecule has 0 spiro atoms. The van der Waals surface area contributed by atoms with Crippen molar-refractivity contribution in [3.05, 3.63) is 41.6 Å². The second kappa shape index (κ2) is 11.4. The van der Waals surface area contributed by atoms with Crippen molar-refractivity contribution >= 4 is 11.8 Å². The van der Waals surface area contributed by atoms with Crippen LogP contribution in [0, 0.1) is 40.9 Å². The molecule has 1 heterocycles. The van der Waals surface area contributed by atoms with E-state index < -0.39 is 6.36 Å². The fraction of sp³-hybridized carbons (Fsp3) is 0.607. The average molecular weight is 530 g/mol. The average Bonchev–Trinajstić information content (AvgIpc) is 3.31. The Labute approximate surface area is 220 Å². The molecule has 3 N–H and O–H groups in total. The largest absolute Gasteiger partial charge is 0.573 e. The number of nitrogens with zero attached hydrogens (tertiary/aromatic N) is 3. The van der Waals surface area contributed by atoms with Crippen molar-refractivity contribution < 1.29 is 23.0 Å². The van der Waals surface area contributed by atoms with E-state index in [1.807, 2.05) is 0 Å². The zero-order chi connectivity index (χ0) is 26.7. The highest BCUT2D eigenvalue weighted by Gasteiger charge is 2.45. The molecule has 3 saturated carbocycles. The number of halogens is 3. The van der Waals surface area contributed by atoms with Crippen LogP contribution in [0.5, 0.6) is 5.75 Å². The second-order valence-corrected chi connectivity index (χ2v) is 11.1. The first-order valence-corrected chi connectivity index (χ1v) is 13.6. The Bertz CT molecular complexity index is 1140. The van der Waals surface area contributed by atoms with Crippen molar-refractivity contribution in [3.63, 3.8) is 0 Å². The molecule has 0 radical (unpaired) electrons. The summed E-state index contributed by atoms with van der Waals surface area (Å²) in [6.07, 6.45) is 5.65. The fourth-order valence-corrected chi connectivity index (χ4v) is 7.17. The van der Waals surface area contributed by atoms with Crippen LogP contribution in [0.2, 0.25) is 0 Å². The van der Waals surface area contributed by atoms with E-state index in [1.165, 1.54) is 43.7 Å². The number of nitriles is 1. The number of aliphatic hydroxyl groups excluding tert-OH is 1. The topological polar surface area (TPSA) is 103 Å². The number of benzene rings is 1. The van der Waals surface area contributed by atoms with Gasteiger partial charge in [-0.25, -0.2) is 4.98 Å². The van der Waals surface area contributed by atoms with Gasteiger partial charge in [0, 0.05) is 18.7 Å². The minimum absolute atomic E-state index is 0.0286. The highest BCUT2D eigenvalue weighted by Crippen LogP contribution is 2.53. The molecule has 1 aromatic carbocycles. The number of para-hydroxylation sites is 1. The van der Waals surface area contributed by atoms with Crippen molar-refractivity contribution in [2.75, 3.05) is 17.2 Å². The molecule has 6 atom stereocenters. The first kappa shape index (κ1) is 26.5. The summed E-state index contributed by atoms with van der Waals surface area (Å²) in [4.78, 5) is 8.62. The first-order chi connectivity index (χ1) is 18.3. The Morgan fingerprint density at radius 2 is 1.76 bits per heavy atom. The lowest BCUT2D eigenvalue weighted by Gasteiger charge is -2.48. The van der Waals surface area contributed by atoms with Crippen molar-refractivity contribution in [2.24, 2.45) is 29.6 Å². The maximum atomic E-state index is 12.7. The Balaban J connectivity index is 1.21. The third kappa shape index (κ3) is 6.32. The number of aromatic nitrogens is 2. The Kier molecular flexibility index (Phi) is 7.93. The molecule has 3 fully saturated rings. The van der Waals surface area contributed by atoms with Gasteiger partial charge in [-0.05, 0) is 67.8 Å². The molecular weight excluding hydrogens is 495 g/mol. The Hall–Kier alpha value is -3.06. The van der Waals surface area contributed by atoms with Crippen LogP contribution in [-0.4, -0.2) is 34.1 Å². The van der Waals surface area contributed by atoms with Gasteiger partial charge in [0.05, 0.1) is 12.3 Å². The SMILES string of the molecule is N#Cc1cnc(NCc2ccccc2OC(F)(F)F)nc1NCC1C[C@H]2CCC[C@@H](C1)[C@@H]2C1CCC(O)C1. The van der Waals surface area contributed by atoms with E-state index in [2.05, 4.69) is 31.4 Å². The minimum atomic E-state index is -4.78. The fourth-order valence-electron chi connectivity index (χ4n) is 7.17. The van der Waals surface area contributed by atoms with Gasteiger partial charge in [-0.2, -0.15) is 10.2 Å². The van der Waals surface area contributed by atoms with Gasteiger partial charge < -0.3 is 20.5 Å². The van der Waals surface area contributed by atoms with E-state index in [0.29, 0.717) is 47.2 Å². The van der Waals surface area contributed by atoms with Crippen LogP contribution < -0.4 is 15.4 Å². The zero-order valence-electron chi connectivity index (χ0n) is 21.3. The van der Waals surface area contributed by atoms with Crippen LogP contribution in [0.15, 0.2) is 30.5 Å². The molecule has 3 unspecified atom stereocenters. The molecule has 10 heteroatoms. The number of rotatable bonds is 8. The first-order valence-electron chi connectivity index (χ1n) is 13.6. The molecule has 0 amide bonds. The van der Waals surface area contributed by atoms with E-state index >= 15 is 0 Å². The summed E-state index contributed by atoms with van der Waals surface area (Å²) in [5, 5.41) is 26.0. The number of aliphatic hydroxyl groups is 1. The number of hydrogen-bond acceptors (Lipinski definition) is 7.